The molecule has 3 nitrogen and oxygen atoms in total. The normalized spacial score (nSPS) is 9.12. The number of carbonyl (C=O) groups excluding carboxylic acids is 1. The lowest BCUT2D eigenvalue weighted by Crippen LogP contribution is -2.20. The van der Waals surface area contributed by atoms with E-state index in [4.69, 9.17) is 0 Å². The molecular formula is C12H17F2NO2. The molecule has 17 heavy (non-hydrogen) atoms. The maximum atomic E-state index is 13.5. The topological polar surface area (TPSA) is 38.3 Å². The third-order valence-electron chi connectivity index (χ3n) is 2.10. The van der Waals surface area contributed by atoms with Gasteiger partial charge < -0.3 is 10.1 Å². The van der Waals surface area contributed by atoms with Gasteiger partial charge in [-0.05, 0) is 13.0 Å². The van der Waals surface area contributed by atoms with E-state index in [9.17, 15) is 13.6 Å². The minimum Gasteiger partial charge on any atom is -0.491 e. The molecule has 1 aromatic carbocycles. The van der Waals surface area contributed by atoms with Gasteiger partial charge in [-0.1, -0.05) is 13.8 Å². The molecule has 0 unspecified atom stereocenters. The Morgan fingerprint density at radius 3 is 2.29 bits per heavy atom. The van der Waals surface area contributed by atoms with Crippen LogP contribution in [0.15, 0.2) is 6.07 Å². The molecule has 1 N–H and O–H groups in total. The van der Waals surface area contributed by atoms with Gasteiger partial charge in [0.15, 0.2) is 17.4 Å². The van der Waals surface area contributed by atoms with Gasteiger partial charge in [0.1, 0.15) is 0 Å². The number of nitrogens with one attached hydrogen (secondary N) is 1. The van der Waals surface area contributed by atoms with Gasteiger partial charge in [-0.25, -0.2) is 8.78 Å². The number of rotatable bonds is 2. The van der Waals surface area contributed by atoms with Crippen LogP contribution in [-0.4, -0.2) is 20.1 Å². The van der Waals surface area contributed by atoms with Crippen molar-refractivity contribution in [3.8, 4) is 5.75 Å². The Kier molecular flexibility index (Phi) is 6.17. The van der Waals surface area contributed by atoms with E-state index in [1.54, 1.807) is 0 Å². The lowest BCUT2D eigenvalue weighted by molar-refractivity contribution is 0.0961. The van der Waals surface area contributed by atoms with Gasteiger partial charge in [0.25, 0.3) is 5.91 Å². The van der Waals surface area contributed by atoms with Crippen LogP contribution in [0, 0.1) is 18.6 Å². The molecule has 96 valence electrons. The first-order chi connectivity index (χ1) is 8.02. The summed E-state index contributed by atoms with van der Waals surface area (Å²) in [5.41, 5.74) is 0.0286. The molecule has 1 rings (SSSR count). The van der Waals surface area contributed by atoms with Gasteiger partial charge in [0.2, 0.25) is 0 Å². The SMILES string of the molecule is CC.CNC(=O)c1cc(F)c(OC)c(F)c1C. The molecule has 0 spiro atoms. The number of amides is 1. The predicted molar refractivity (Wildman–Crippen MR) is 62.4 cm³/mol. The third-order valence-corrected chi connectivity index (χ3v) is 2.10. The van der Waals surface area contributed by atoms with Crippen molar-refractivity contribution in [2.24, 2.45) is 0 Å². The predicted octanol–water partition coefficient (Wildman–Crippen LogP) is 2.67. The van der Waals surface area contributed by atoms with Crippen LogP contribution in [0.1, 0.15) is 29.8 Å². The highest BCUT2D eigenvalue weighted by Gasteiger charge is 2.19. The van der Waals surface area contributed by atoms with E-state index < -0.39 is 23.3 Å². The summed E-state index contributed by atoms with van der Waals surface area (Å²) in [6, 6.07) is 0.954. The number of hydrogen-bond acceptors (Lipinski definition) is 2. The summed E-state index contributed by atoms with van der Waals surface area (Å²) in [4.78, 5) is 11.3. The zero-order chi connectivity index (χ0) is 13.6. The number of hydrogen-bond donors (Lipinski definition) is 1. The summed E-state index contributed by atoms with van der Waals surface area (Å²) in [6.07, 6.45) is 0. The number of carbonyl (C=O) groups is 1. The molecule has 5 heteroatoms. The smallest absolute Gasteiger partial charge is 0.251 e. The highest BCUT2D eigenvalue weighted by atomic mass is 19.1. The van der Waals surface area contributed by atoms with Crippen LogP contribution in [0.4, 0.5) is 8.78 Å². The van der Waals surface area contributed by atoms with E-state index >= 15 is 0 Å². The highest BCUT2D eigenvalue weighted by molar-refractivity contribution is 5.95. The Balaban J connectivity index is 0.00000121. The molecule has 0 saturated carbocycles. The van der Waals surface area contributed by atoms with Gasteiger partial charge in [-0.2, -0.15) is 0 Å². The fraction of sp³-hybridized carbons (Fsp3) is 0.417. The van der Waals surface area contributed by atoms with Crippen LogP contribution in [0.5, 0.6) is 5.75 Å². The fourth-order valence-electron chi connectivity index (χ4n) is 1.25. The average molecular weight is 245 g/mol. The van der Waals surface area contributed by atoms with E-state index in [0.29, 0.717) is 0 Å². The maximum absolute atomic E-state index is 13.5. The summed E-state index contributed by atoms with van der Waals surface area (Å²) in [7, 11) is 2.56. The van der Waals surface area contributed by atoms with E-state index in [1.807, 2.05) is 13.8 Å². The van der Waals surface area contributed by atoms with Gasteiger partial charge in [0, 0.05) is 18.2 Å². The van der Waals surface area contributed by atoms with Crippen LogP contribution < -0.4 is 10.1 Å². The van der Waals surface area contributed by atoms with Gasteiger partial charge in [-0.15, -0.1) is 0 Å². The Bertz CT molecular complexity index is 406. The van der Waals surface area contributed by atoms with E-state index in [2.05, 4.69) is 10.1 Å². The fourth-order valence-corrected chi connectivity index (χ4v) is 1.25. The molecule has 0 heterocycles. The van der Waals surface area contributed by atoms with Crippen molar-refractivity contribution in [2.45, 2.75) is 20.8 Å². The Morgan fingerprint density at radius 1 is 1.35 bits per heavy atom. The molecule has 1 amide bonds. The van der Waals surface area contributed by atoms with Crippen molar-refractivity contribution in [1.29, 1.82) is 0 Å². The highest BCUT2D eigenvalue weighted by Crippen LogP contribution is 2.26. The molecule has 0 radical (unpaired) electrons. The lowest BCUT2D eigenvalue weighted by atomic mass is 10.1. The minimum absolute atomic E-state index is 0.0340. The summed E-state index contributed by atoms with van der Waals surface area (Å²) in [5.74, 6) is -2.75. The van der Waals surface area contributed by atoms with Crippen molar-refractivity contribution in [3.63, 3.8) is 0 Å². The second-order valence-electron chi connectivity index (χ2n) is 2.96. The second kappa shape index (κ2) is 6.83. The number of ether oxygens (including phenoxy) is 1. The molecular weight excluding hydrogens is 228 g/mol. The summed E-state index contributed by atoms with van der Waals surface area (Å²) in [6.45, 7) is 5.39. The average Bonchev–Trinajstić information content (AvgIpc) is 2.36. The van der Waals surface area contributed by atoms with Crippen molar-refractivity contribution in [2.75, 3.05) is 14.2 Å². The van der Waals surface area contributed by atoms with Gasteiger partial charge in [-0.3, -0.25) is 4.79 Å². The molecule has 0 fully saturated rings. The standard InChI is InChI=1S/C10H11F2NO2.C2H6/c1-5-6(10(14)13-2)4-7(11)9(15-3)8(5)12;1-2/h4H,1-3H3,(H,13,14);1-2H3. The molecule has 0 saturated heterocycles. The van der Waals surface area contributed by atoms with Crippen LogP contribution >= 0.6 is 0 Å². The third kappa shape index (κ3) is 3.15. The first-order valence-electron chi connectivity index (χ1n) is 5.27. The monoisotopic (exact) mass is 245 g/mol. The Labute approximate surface area is 99.8 Å². The van der Waals surface area contributed by atoms with Crippen molar-refractivity contribution < 1.29 is 18.3 Å². The first kappa shape index (κ1) is 15.3. The van der Waals surface area contributed by atoms with Crippen molar-refractivity contribution >= 4 is 5.91 Å². The maximum Gasteiger partial charge on any atom is 0.251 e. The van der Waals surface area contributed by atoms with Crippen LogP contribution in [0.2, 0.25) is 0 Å². The van der Waals surface area contributed by atoms with Crippen LogP contribution in [0.3, 0.4) is 0 Å². The van der Waals surface area contributed by atoms with Gasteiger partial charge >= 0.3 is 0 Å². The van der Waals surface area contributed by atoms with Crippen molar-refractivity contribution in [1.82, 2.24) is 5.32 Å². The molecule has 0 aliphatic rings. The number of benzene rings is 1. The van der Waals surface area contributed by atoms with Crippen LogP contribution in [-0.2, 0) is 0 Å². The Morgan fingerprint density at radius 2 is 1.88 bits per heavy atom. The van der Waals surface area contributed by atoms with E-state index in [0.717, 1.165) is 6.07 Å². The van der Waals surface area contributed by atoms with Gasteiger partial charge in [0.05, 0.1) is 7.11 Å². The van der Waals surface area contributed by atoms with E-state index in [-0.39, 0.29) is 11.1 Å². The molecule has 1 aromatic rings. The largest absolute Gasteiger partial charge is 0.491 e. The molecule has 0 aliphatic heterocycles. The summed E-state index contributed by atoms with van der Waals surface area (Å²) in [5, 5.41) is 2.30. The van der Waals surface area contributed by atoms with Crippen molar-refractivity contribution in [3.05, 3.63) is 28.8 Å². The number of methoxy groups -OCH3 is 1. The zero-order valence-electron chi connectivity index (χ0n) is 10.6. The summed E-state index contributed by atoms with van der Waals surface area (Å²) < 4.78 is 31.3. The van der Waals surface area contributed by atoms with E-state index in [1.165, 1.54) is 21.1 Å². The van der Waals surface area contributed by atoms with Crippen LogP contribution in [0.25, 0.3) is 0 Å². The quantitative estimate of drug-likeness (QED) is 0.870. The second-order valence-corrected chi connectivity index (χ2v) is 2.96. The molecule has 0 aliphatic carbocycles. The minimum atomic E-state index is -0.890. The molecule has 0 aromatic heterocycles. The first-order valence-corrected chi connectivity index (χ1v) is 5.27. The molecule has 0 bridgehead atoms. The number of halogens is 2. The Hall–Kier alpha value is -1.65. The zero-order valence-corrected chi connectivity index (χ0v) is 10.6. The molecule has 0 atom stereocenters. The summed E-state index contributed by atoms with van der Waals surface area (Å²) >= 11 is 0. The lowest BCUT2D eigenvalue weighted by Gasteiger charge is -2.10.